The fourth-order valence-corrected chi connectivity index (χ4v) is 1.95. The van der Waals surface area contributed by atoms with Gasteiger partial charge in [0.05, 0.1) is 0 Å². The van der Waals surface area contributed by atoms with Crippen molar-refractivity contribution in [2.45, 2.75) is 45.4 Å². The van der Waals surface area contributed by atoms with E-state index in [4.69, 9.17) is 0 Å². The van der Waals surface area contributed by atoms with Crippen molar-refractivity contribution in [1.82, 2.24) is 0 Å². The molecule has 0 spiro atoms. The monoisotopic (exact) mass is 154 g/mol. The Balaban J connectivity index is 2.32. The zero-order valence-electron chi connectivity index (χ0n) is 7.38. The van der Waals surface area contributed by atoms with Crippen molar-refractivity contribution in [3.05, 3.63) is 0 Å². The molecule has 0 saturated heterocycles. The minimum atomic E-state index is 0.381. The normalized spacial score (nSPS) is 32.8. The number of hydrogen-bond donors (Lipinski definition) is 0. The highest BCUT2D eigenvalue weighted by molar-refractivity contribution is 5.53. The Bertz CT molecular complexity index is 120. The Hall–Kier alpha value is -0.330. The molecule has 0 aliphatic heterocycles. The van der Waals surface area contributed by atoms with Gasteiger partial charge in [0, 0.05) is 5.92 Å². The number of carbonyl (C=O) groups is 1. The summed E-state index contributed by atoms with van der Waals surface area (Å²) in [6.07, 6.45) is 8.62. The second-order valence-corrected chi connectivity index (χ2v) is 3.68. The van der Waals surface area contributed by atoms with E-state index in [9.17, 15) is 4.79 Å². The Kier molecular flexibility index (Phi) is 3.61. The maximum absolute atomic E-state index is 10.5. The van der Waals surface area contributed by atoms with Crippen LogP contribution in [0.25, 0.3) is 0 Å². The van der Waals surface area contributed by atoms with Crippen molar-refractivity contribution in [3.8, 4) is 0 Å². The summed E-state index contributed by atoms with van der Waals surface area (Å²) >= 11 is 0. The highest BCUT2D eigenvalue weighted by Gasteiger charge is 2.16. The molecular formula is C10H18O. The Morgan fingerprint density at radius 1 is 1.27 bits per heavy atom. The number of carbonyl (C=O) groups excluding carboxylic acids is 1. The lowest BCUT2D eigenvalue weighted by Gasteiger charge is -2.09. The molecule has 1 rings (SSSR count). The summed E-state index contributed by atoms with van der Waals surface area (Å²) in [4.78, 5) is 10.5. The van der Waals surface area contributed by atoms with Gasteiger partial charge in [-0.25, -0.2) is 0 Å². The van der Waals surface area contributed by atoms with Gasteiger partial charge in [-0.2, -0.15) is 0 Å². The lowest BCUT2D eigenvalue weighted by atomic mass is 9.97. The third kappa shape index (κ3) is 2.64. The van der Waals surface area contributed by atoms with Gasteiger partial charge >= 0.3 is 0 Å². The Morgan fingerprint density at radius 3 is 2.73 bits per heavy atom. The Morgan fingerprint density at radius 2 is 2.09 bits per heavy atom. The van der Waals surface area contributed by atoms with Crippen molar-refractivity contribution in [2.24, 2.45) is 11.8 Å². The molecule has 1 fully saturated rings. The quantitative estimate of drug-likeness (QED) is 0.441. The second kappa shape index (κ2) is 4.53. The highest BCUT2D eigenvalue weighted by atomic mass is 16.1. The van der Waals surface area contributed by atoms with Crippen molar-refractivity contribution in [3.63, 3.8) is 0 Å². The van der Waals surface area contributed by atoms with Gasteiger partial charge in [-0.15, -0.1) is 0 Å². The molecule has 1 saturated carbocycles. The Labute approximate surface area is 69.2 Å². The molecule has 64 valence electrons. The molecule has 0 amide bonds. The molecule has 0 radical (unpaired) electrons. The summed E-state index contributed by atoms with van der Waals surface area (Å²) < 4.78 is 0. The molecule has 1 heteroatoms. The summed E-state index contributed by atoms with van der Waals surface area (Å²) in [5.74, 6) is 1.28. The summed E-state index contributed by atoms with van der Waals surface area (Å²) in [5, 5.41) is 0. The first-order valence-electron chi connectivity index (χ1n) is 4.82. The van der Waals surface area contributed by atoms with E-state index in [2.05, 4.69) is 6.92 Å². The minimum absolute atomic E-state index is 0.381. The first-order chi connectivity index (χ1) is 5.36. The van der Waals surface area contributed by atoms with E-state index in [1.807, 2.05) is 0 Å². The van der Waals surface area contributed by atoms with Crippen LogP contribution in [0.4, 0.5) is 0 Å². The molecule has 0 bridgehead atoms. The van der Waals surface area contributed by atoms with E-state index in [0.717, 1.165) is 25.0 Å². The van der Waals surface area contributed by atoms with Gasteiger partial charge in [-0.3, -0.25) is 0 Å². The van der Waals surface area contributed by atoms with Crippen molar-refractivity contribution >= 4 is 6.29 Å². The molecule has 0 heterocycles. The predicted molar refractivity (Wildman–Crippen MR) is 46.4 cm³/mol. The van der Waals surface area contributed by atoms with Crippen LogP contribution >= 0.6 is 0 Å². The lowest BCUT2D eigenvalue weighted by molar-refractivity contribution is -0.111. The zero-order valence-corrected chi connectivity index (χ0v) is 7.38. The van der Waals surface area contributed by atoms with Crippen molar-refractivity contribution in [1.29, 1.82) is 0 Å². The average molecular weight is 154 g/mol. The van der Waals surface area contributed by atoms with Crippen LogP contribution in [0.3, 0.4) is 0 Å². The van der Waals surface area contributed by atoms with Gasteiger partial charge in [-0.1, -0.05) is 26.2 Å². The van der Waals surface area contributed by atoms with Gasteiger partial charge in [0.2, 0.25) is 0 Å². The molecular weight excluding hydrogens is 136 g/mol. The van der Waals surface area contributed by atoms with Crippen LogP contribution in [-0.2, 0) is 4.79 Å². The minimum Gasteiger partial charge on any atom is -0.303 e. The van der Waals surface area contributed by atoms with E-state index < -0.39 is 0 Å². The average Bonchev–Trinajstić information content (AvgIpc) is 2.28. The van der Waals surface area contributed by atoms with E-state index in [-0.39, 0.29) is 0 Å². The third-order valence-corrected chi connectivity index (χ3v) is 2.90. The van der Waals surface area contributed by atoms with Gasteiger partial charge < -0.3 is 4.79 Å². The van der Waals surface area contributed by atoms with E-state index in [1.165, 1.54) is 25.7 Å². The molecule has 0 N–H and O–H groups in total. The molecule has 1 nitrogen and oxygen atoms in total. The molecule has 1 aliphatic rings. The predicted octanol–water partition coefficient (Wildman–Crippen LogP) is 2.79. The number of aldehydes is 1. The molecule has 1 aliphatic carbocycles. The molecule has 2 atom stereocenters. The van der Waals surface area contributed by atoms with Gasteiger partial charge in [-0.05, 0) is 25.2 Å². The molecule has 0 aromatic rings. The van der Waals surface area contributed by atoms with Crippen LogP contribution in [-0.4, -0.2) is 6.29 Å². The van der Waals surface area contributed by atoms with Crippen molar-refractivity contribution in [2.75, 3.05) is 0 Å². The van der Waals surface area contributed by atoms with E-state index in [0.29, 0.717) is 5.92 Å². The second-order valence-electron chi connectivity index (χ2n) is 3.68. The van der Waals surface area contributed by atoms with E-state index >= 15 is 0 Å². The summed E-state index contributed by atoms with van der Waals surface area (Å²) in [6.45, 7) is 2.26. The van der Waals surface area contributed by atoms with Crippen LogP contribution in [0.2, 0.25) is 0 Å². The standard InChI is InChI=1S/C10H18O/c1-2-9-4-3-5-10(8-11)7-6-9/h8-10H,2-7H2,1H3. The van der Waals surface area contributed by atoms with Crippen LogP contribution in [0.15, 0.2) is 0 Å². The van der Waals surface area contributed by atoms with Crippen LogP contribution < -0.4 is 0 Å². The van der Waals surface area contributed by atoms with Gasteiger partial charge in [0.15, 0.2) is 0 Å². The fourth-order valence-electron chi connectivity index (χ4n) is 1.95. The zero-order chi connectivity index (χ0) is 8.10. The largest absolute Gasteiger partial charge is 0.303 e. The van der Waals surface area contributed by atoms with Crippen LogP contribution in [0.1, 0.15) is 45.4 Å². The molecule has 0 aromatic carbocycles. The molecule has 2 unspecified atom stereocenters. The summed E-state index contributed by atoms with van der Waals surface area (Å²) in [6, 6.07) is 0. The van der Waals surface area contributed by atoms with Gasteiger partial charge in [0.1, 0.15) is 6.29 Å². The SMILES string of the molecule is CCC1CCCC(C=O)CC1. The van der Waals surface area contributed by atoms with Crippen LogP contribution in [0.5, 0.6) is 0 Å². The first-order valence-corrected chi connectivity index (χ1v) is 4.82. The summed E-state index contributed by atoms with van der Waals surface area (Å²) in [7, 11) is 0. The molecule has 11 heavy (non-hydrogen) atoms. The van der Waals surface area contributed by atoms with Crippen molar-refractivity contribution < 1.29 is 4.79 Å². The van der Waals surface area contributed by atoms with Gasteiger partial charge in [0.25, 0.3) is 0 Å². The number of rotatable bonds is 2. The first kappa shape index (κ1) is 8.76. The topological polar surface area (TPSA) is 17.1 Å². The van der Waals surface area contributed by atoms with Crippen LogP contribution in [0, 0.1) is 11.8 Å². The lowest BCUT2D eigenvalue weighted by Crippen LogP contribution is -2.00. The maximum atomic E-state index is 10.5. The maximum Gasteiger partial charge on any atom is 0.123 e. The highest BCUT2D eigenvalue weighted by Crippen LogP contribution is 2.27. The number of hydrogen-bond acceptors (Lipinski definition) is 1. The third-order valence-electron chi connectivity index (χ3n) is 2.90. The van der Waals surface area contributed by atoms with E-state index in [1.54, 1.807) is 0 Å². The fraction of sp³-hybridized carbons (Fsp3) is 0.900. The molecule has 0 aromatic heterocycles. The smallest absolute Gasteiger partial charge is 0.123 e. The summed E-state index contributed by atoms with van der Waals surface area (Å²) in [5.41, 5.74) is 0.